The summed E-state index contributed by atoms with van der Waals surface area (Å²) in [4.78, 5) is 0. The van der Waals surface area contributed by atoms with Crippen LogP contribution in [0, 0.1) is 0 Å². The molecule has 1 heterocycles. The van der Waals surface area contributed by atoms with Gasteiger partial charge in [0.15, 0.2) is 0 Å². The summed E-state index contributed by atoms with van der Waals surface area (Å²) in [6, 6.07) is 1.99. The molecule has 0 spiro atoms. The molecule has 0 saturated heterocycles. The van der Waals surface area contributed by atoms with Gasteiger partial charge in [-0.25, -0.2) is 0 Å². The third kappa shape index (κ3) is 1.83. The van der Waals surface area contributed by atoms with Crippen molar-refractivity contribution in [1.29, 1.82) is 0 Å². The lowest BCUT2D eigenvalue weighted by Crippen LogP contribution is -2.29. The molecule has 0 amide bonds. The first-order valence-electron chi connectivity index (χ1n) is 5.03. The van der Waals surface area contributed by atoms with Gasteiger partial charge in [-0.2, -0.15) is 0 Å². The van der Waals surface area contributed by atoms with Gasteiger partial charge in [0.1, 0.15) is 5.76 Å². The van der Waals surface area contributed by atoms with E-state index < -0.39 is 0 Å². The smallest absolute Gasteiger partial charge is 0.111 e. The van der Waals surface area contributed by atoms with Crippen LogP contribution in [0.4, 0.5) is 0 Å². The van der Waals surface area contributed by atoms with E-state index in [4.69, 9.17) is 9.15 Å². The number of rotatable bonds is 5. The number of ether oxygens (including phenoxy) is 1. The minimum absolute atomic E-state index is 0.306. The summed E-state index contributed by atoms with van der Waals surface area (Å²) in [5, 5.41) is 3.36. The molecule has 0 bridgehead atoms. The Kier molecular flexibility index (Phi) is 2.61. The molecule has 0 aromatic carbocycles. The van der Waals surface area contributed by atoms with Crippen LogP contribution in [-0.4, -0.2) is 19.7 Å². The zero-order valence-electron chi connectivity index (χ0n) is 8.80. The van der Waals surface area contributed by atoms with Crippen molar-refractivity contribution in [3.8, 4) is 0 Å². The van der Waals surface area contributed by atoms with Crippen LogP contribution in [-0.2, 0) is 17.8 Å². The zero-order chi connectivity index (χ0) is 10.0. The van der Waals surface area contributed by atoms with Crippen LogP contribution in [0.15, 0.2) is 16.7 Å². The fourth-order valence-corrected chi connectivity index (χ4v) is 1.78. The predicted molar refractivity (Wildman–Crippen MR) is 54.1 cm³/mol. The molecule has 2 rings (SSSR count). The Morgan fingerprint density at radius 1 is 1.57 bits per heavy atom. The quantitative estimate of drug-likeness (QED) is 0.776. The summed E-state index contributed by atoms with van der Waals surface area (Å²) in [5.41, 5.74) is 1.48. The van der Waals surface area contributed by atoms with Crippen molar-refractivity contribution < 1.29 is 9.15 Å². The van der Waals surface area contributed by atoms with E-state index in [0.717, 1.165) is 12.2 Å². The van der Waals surface area contributed by atoms with Gasteiger partial charge < -0.3 is 14.5 Å². The number of likely N-dealkylation sites (N-methyl/N-ethyl adjacent to an activating group) is 1. The maximum atomic E-state index is 5.47. The number of hydrogen-bond acceptors (Lipinski definition) is 3. The van der Waals surface area contributed by atoms with Gasteiger partial charge in [-0.05, 0) is 26.0 Å². The minimum Gasteiger partial charge on any atom is -0.469 e. The van der Waals surface area contributed by atoms with E-state index in [1.165, 1.54) is 18.4 Å². The van der Waals surface area contributed by atoms with Crippen LogP contribution in [0.5, 0.6) is 0 Å². The Bertz CT molecular complexity index is 302. The van der Waals surface area contributed by atoms with E-state index in [-0.39, 0.29) is 0 Å². The minimum atomic E-state index is 0.306. The maximum Gasteiger partial charge on any atom is 0.111 e. The normalized spacial score (nSPS) is 18.4. The van der Waals surface area contributed by atoms with Crippen molar-refractivity contribution in [3.63, 3.8) is 0 Å². The van der Waals surface area contributed by atoms with Crippen LogP contribution in [0.3, 0.4) is 0 Å². The molecule has 78 valence electrons. The van der Waals surface area contributed by atoms with Crippen molar-refractivity contribution >= 4 is 0 Å². The molecular formula is C11H17NO2. The molecule has 1 N–H and O–H groups in total. The third-order valence-corrected chi connectivity index (χ3v) is 3.02. The first kappa shape index (κ1) is 9.74. The Morgan fingerprint density at radius 2 is 2.36 bits per heavy atom. The third-order valence-electron chi connectivity index (χ3n) is 3.02. The number of furan rings is 1. The fourth-order valence-electron chi connectivity index (χ4n) is 1.78. The van der Waals surface area contributed by atoms with Gasteiger partial charge in [0.05, 0.1) is 12.9 Å². The van der Waals surface area contributed by atoms with Crippen LogP contribution >= 0.6 is 0 Å². The zero-order valence-corrected chi connectivity index (χ0v) is 8.80. The van der Waals surface area contributed by atoms with Gasteiger partial charge in [-0.15, -0.1) is 0 Å². The molecule has 1 aromatic heterocycles. The SMILES string of the molecule is CNC1(Cc2occc2COC)CC1. The lowest BCUT2D eigenvalue weighted by molar-refractivity contribution is 0.182. The van der Waals surface area contributed by atoms with Crippen molar-refractivity contribution in [2.24, 2.45) is 0 Å². The predicted octanol–water partition coefficient (Wildman–Crippen LogP) is 1.72. The molecule has 1 aliphatic carbocycles. The van der Waals surface area contributed by atoms with Crippen molar-refractivity contribution in [2.75, 3.05) is 14.2 Å². The average molecular weight is 195 g/mol. The maximum absolute atomic E-state index is 5.47. The highest BCUT2D eigenvalue weighted by Crippen LogP contribution is 2.38. The number of nitrogens with one attached hydrogen (secondary N) is 1. The summed E-state index contributed by atoms with van der Waals surface area (Å²) < 4.78 is 10.6. The van der Waals surface area contributed by atoms with E-state index in [9.17, 15) is 0 Å². The molecule has 3 heteroatoms. The summed E-state index contributed by atoms with van der Waals surface area (Å²) >= 11 is 0. The summed E-state index contributed by atoms with van der Waals surface area (Å²) in [5.74, 6) is 1.07. The van der Waals surface area contributed by atoms with Crippen LogP contribution in [0.2, 0.25) is 0 Å². The Hall–Kier alpha value is -0.800. The molecule has 0 unspecified atom stereocenters. The Labute approximate surface area is 84.4 Å². The van der Waals surface area contributed by atoms with Crippen molar-refractivity contribution in [1.82, 2.24) is 5.32 Å². The summed E-state index contributed by atoms with van der Waals surface area (Å²) in [6.45, 7) is 0.644. The highest BCUT2D eigenvalue weighted by Gasteiger charge is 2.42. The monoisotopic (exact) mass is 195 g/mol. The molecule has 3 nitrogen and oxygen atoms in total. The molecular weight excluding hydrogens is 178 g/mol. The lowest BCUT2D eigenvalue weighted by Gasteiger charge is -2.12. The van der Waals surface area contributed by atoms with Gasteiger partial charge in [0.2, 0.25) is 0 Å². The molecule has 0 radical (unpaired) electrons. The van der Waals surface area contributed by atoms with Gasteiger partial charge in [-0.1, -0.05) is 0 Å². The van der Waals surface area contributed by atoms with E-state index in [2.05, 4.69) is 5.32 Å². The molecule has 1 saturated carbocycles. The van der Waals surface area contributed by atoms with Crippen LogP contribution in [0.25, 0.3) is 0 Å². The van der Waals surface area contributed by atoms with E-state index in [0.29, 0.717) is 12.1 Å². The second-order valence-corrected chi connectivity index (χ2v) is 4.01. The highest BCUT2D eigenvalue weighted by molar-refractivity contribution is 5.21. The molecule has 1 aliphatic rings. The molecule has 1 aromatic rings. The lowest BCUT2D eigenvalue weighted by atomic mass is 10.1. The van der Waals surface area contributed by atoms with E-state index in [1.807, 2.05) is 13.1 Å². The van der Waals surface area contributed by atoms with Crippen LogP contribution < -0.4 is 5.32 Å². The fraction of sp³-hybridized carbons (Fsp3) is 0.636. The standard InChI is InChI=1S/C11H17NO2/c1-12-11(4-5-11)7-10-9(8-13-2)3-6-14-10/h3,6,12H,4-5,7-8H2,1-2H3. The van der Waals surface area contributed by atoms with Crippen molar-refractivity contribution in [3.05, 3.63) is 23.7 Å². The molecule has 1 fully saturated rings. The van der Waals surface area contributed by atoms with Crippen LogP contribution in [0.1, 0.15) is 24.2 Å². The Balaban J connectivity index is 2.05. The molecule has 0 aliphatic heterocycles. The van der Waals surface area contributed by atoms with Gasteiger partial charge in [-0.3, -0.25) is 0 Å². The van der Waals surface area contributed by atoms with E-state index >= 15 is 0 Å². The second kappa shape index (κ2) is 3.75. The van der Waals surface area contributed by atoms with Gasteiger partial charge in [0.25, 0.3) is 0 Å². The van der Waals surface area contributed by atoms with Crippen molar-refractivity contribution in [2.45, 2.75) is 31.4 Å². The molecule has 14 heavy (non-hydrogen) atoms. The Morgan fingerprint density at radius 3 is 2.93 bits per heavy atom. The average Bonchev–Trinajstić information content (AvgIpc) is 2.84. The van der Waals surface area contributed by atoms with Gasteiger partial charge >= 0.3 is 0 Å². The van der Waals surface area contributed by atoms with E-state index in [1.54, 1.807) is 13.4 Å². The second-order valence-electron chi connectivity index (χ2n) is 4.01. The summed E-state index contributed by atoms with van der Waals surface area (Å²) in [7, 11) is 3.73. The first-order chi connectivity index (χ1) is 6.79. The summed E-state index contributed by atoms with van der Waals surface area (Å²) in [6.07, 6.45) is 5.22. The van der Waals surface area contributed by atoms with Gasteiger partial charge in [0, 0.05) is 24.6 Å². The first-order valence-corrected chi connectivity index (χ1v) is 5.03. The molecule has 0 atom stereocenters. The number of methoxy groups -OCH3 is 1. The largest absolute Gasteiger partial charge is 0.469 e. The highest BCUT2D eigenvalue weighted by atomic mass is 16.5. The number of hydrogen-bond donors (Lipinski definition) is 1. The topological polar surface area (TPSA) is 34.4 Å².